The highest BCUT2D eigenvalue weighted by molar-refractivity contribution is 9.09. The minimum atomic E-state index is -1.83. The highest BCUT2D eigenvalue weighted by atomic mass is 79.9. The van der Waals surface area contributed by atoms with Gasteiger partial charge in [-0.1, -0.05) is 65.1 Å². The first kappa shape index (κ1) is 28.7. The molecule has 1 aromatic carbocycles. The van der Waals surface area contributed by atoms with Crippen molar-refractivity contribution in [2.45, 2.75) is 60.7 Å². The number of nitrogens with zero attached hydrogens (tertiary/aromatic N) is 2. The molecule has 6 atom stereocenters. The number of amides is 4. The standard InChI is InChI=1S/C30H31BrCl2N2O6/c1-41-23-13-16(8-12-22(23)36)7-11-21-18-9-10-19-24(26(38)35(25(19)37)17-5-3-2-4-6-17)20(18)14-29(32)27(39)34(15-31)28(40)30(21,29)33/h7-9,11-13,17,19-21,24,36H,2-6,10,14-15H2,1H3. The van der Waals surface area contributed by atoms with Crippen molar-refractivity contribution >= 4 is 68.8 Å². The molecule has 0 bridgehead atoms. The molecule has 0 radical (unpaired) electrons. The number of benzene rings is 1. The van der Waals surface area contributed by atoms with E-state index in [9.17, 15) is 24.3 Å². The quantitative estimate of drug-likeness (QED) is 0.206. The first-order chi connectivity index (χ1) is 19.6. The van der Waals surface area contributed by atoms with Gasteiger partial charge in [-0.2, -0.15) is 0 Å². The highest BCUT2D eigenvalue weighted by Crippen LogP contribution is 2.63. The number of hydrogen-bond acceptors (Lipinski definition) is 6. The van der Waals surface area contributed by atoms with E-state index in [0.29, 0.717) is 12.0 Å². The summed E-state index contributed by atoms with van der Waals surface area (Å²) in [5.41, 5.74) is 1.35. The Labute approximate surface area is 256 Å². The van der Waals surface area contributed by atoms with Crippen LogP contribution in [-0.4, -0.2) is 66.9 Å². The number of allylic oxidation sites excluding steroid dienone is 3. The van der Waals surface area contributed by atoms with Crippen LogP contribution >= 0.6 is 39.1 Å². The van der Waals surface area contributed by atoms with Gasteiger partial charge >= 0.3 is 0 Å². The molecular formula is C30H31BrCl2N2O6. The maximum Gasteiger partial charge on any atom is 0.254 e. The monoisotopic (exact) mass is 664 g/mol. The van der Waals surface area contributed by atoms with E-state index in [2.05, 4.69) is 15.9 Å². The van der Waals surface area contributed by atoms with Crippen LogP contribution < -0.4 is 4.74 Å². The van der Waals surface area contributed by atoms with Gasteiger partial charge in [0.25, 0.3) is 11.8 Å². The fraction of sp³-hybridized carbons (Fsp3) is 0.533. The molecule has 0 aromatic heterocycles. The summed E-state index contributed by atoms with van der Waals surface area (Å²) in [4.78, 5) is 54.0. The Bertz CT molecular complexity index is 1390. The van der Waals surface area contributed by atoms with Gasteiger partial charge in [-0.15, -0.1) is 23.2 Å². The van der Waals surface area contributed by atoms with Crippen LogP contribution in [0.5, 0.6) is 11.5 Å². The summed E-state index contributed by atoms with van der Waals surface area (Å²) in [6, 6.07) is 4.72. The van der Waals surface area contributed by atoms with E-state index in [0.717, 1.165) is 42.6 Å². The van der Waals surface area contributed by atoms with Gasteiger partial charge in [0.05, 0.1) is 24.4 Å². The molecule has 4 amide bonds. The van der Waals surface area contributed by atoms with Crippen LogP contribution in [0.1, 0.15) is 50.5 Å². The van der Waals surface area contributed by atoms with Gasteiger partial charge in [0, 0.05) is 12.0 Å². The summed E-state index contributed by atoms with van der Waals surface area (Å²) in [7, 11) is 1.45. The van der Waals surface area contributed by atoms with Crippen molar-refractivity contribution in [2.24, 2.45) is 23.7 Å². The summed E-state index contributed by atoms with van der Waals surface area (Å²) >= 11 is 17.7. The third kappa shape index (κ3) is 4.05. The van der Waals surface area contributed by atoms with Crippen molar-refractivity contribution in [3.63, 3.8) is 0 Å². The molecule has 1 N–H and O–H groups in total. The molecule has 1 aromatic rings. The number of methoxy groups -OCH3 is 1. The average molecular weight is 666 g/mol. The first-order valence-electron chi connectivity index (χ1n) is 14.0. The maximum atomic E-state index is 14.0. The van der Waals surface area contributed by atoms with Crippen molar-refractivity contribution in [3.8, 4) is 11.5 Å². The van der Waals surface area contributed by atoms with Gasteiger partial charge in [-0.25, -0.2) is 0 Å². The van der Waals surface area contributed by atoms with Crippen molar-refractivity contribution in [1.82, 2.24) is 9.80 Å². The third-order valence-corrected chi connectivity index (χ3v) is 11.7. The number of fused-ring (bicyclic) bond motifs is 4. The van der Waals surface area contributed by atoms with Crippen LogP contribution in [0.3, 0.4) is 0 Å². The van der Waals surface area contributed by atoms with E-state index in [1.807, 2.05) is 6.08 Å². The van der Waals surface area contributed by atoms with E-state index >= 15 is 0 Å². The summed E-state index contributed by atoms with van der Waals surface area (Å²) in [5.74, 6) is -3.84. The Kier molecular flexibility index (Phi) is 7.31. The number of phenolic OH excluding ortho intramolecular Hbond substituents is 1. The molecule has 8 nitrogen and oxygen atoms in total. The summed E-state index contributed by atoms with van der Waals surface area (Å²) < 4.78 is 5.23. The molecule has 6 unspecified atom stereocenters. The van der Waals surface area contributed by atoms with Gasteiger partial charge in [-0.3, -0.25) is 29.0 Å². The molecular weight excluding hydrogens is 635 g/mol. The number of aromatic hydroxyl groups is 1. The molecule has 2 heterocycles. The molecule has 11 heteroatoms. The fourth-order valence-corrected chi connectivity index (χ4v) is 9.11. The molecule has 2 aliphatic heterocycles. The summed E-state index contributed by atoms with van der Waals surface area (Å²) in [6.07, 6.45) is 10.4. The third-order valence-electron chi connectivity index (χ3n) is 9.73. The van der Waals surface area contributed by atoms with Crippen LogP contribution in [0, 0.1) is 23.7 Å². The lowest BCUT2D eigenvalue weighted by atomic mass is 9.57. The van der Waals surface area contributed by atoms with E-state index in [1.165, 1.54) is 18.1 Å². The summed E-state index contributed by atoms with van der Waals surface area (Å²) in [5, 5.41) is 10.0. The lowest BCUT2D eigenvalue weighted by Gasteiger charge is -2.49. The molecule has 4 fully saturated rings. The number of carbonyl (C=O) groups excluding carboxylic acids is 4. The van der Waals surface area contributed by atoms with Crippen molar-refractivity contribution in [2.75, 3.05) is 12.6 Å². The second kappa shape index (κ2) is 10.4. The fourth-order valence-electron chi connectivity index (χ4n) is 7.73. The molecule has 2 saturated heterocycles. The number of likely N-dealkylation sites (tertiary alicyclic amines) is 2. The number of rotatable bonds is 5. The zero-order chi connectivity index (χ0) is 29.3. The number of alkyl halides is 3. The Morgan fingerprint density at radius 2 is 1.80 bits per heavy atom. The Hall–Kier alpha value is -2.36. The second-order valence-corrected chi connectivity index (χ2v) is 13.4. The van der Waals surface area contributed by atoms with Gasteiger partial charge < -0.3 is 9.84 Å². The number of imide groups is 2. The molecule has 0 spiro atoms. The molecule has 3 aliphatic carbocycles. The van der Waals surface area contributed by atoms with Crippen LogP contribution in [0.25, 0.3) is 6.08 Å². The Morgan fingerprint density at radius 1 is 1.07 bits per heavy atom. The molecule has 41 heavy (non-hydrogen) atoms. The molecule has 218 valence electrons. The Balaban J connectivity index is 1.44. The molecule has 6 rings (SSSR count). The number of hydrogen-bond donors (Lipinski definition) is 1. The number of ether oxygens (including phenoxy) is 1. The van der Waals surface area contributed by atoms with Gasteiger partial charge in [0.1, 0.15) is 0 Å². The van der Waals surface area contributed by atoms with Crippen LogP contribution in [0.4, 0.5) is 0 Å². The Morgan fingerprint density at radius 3 is 2.49 bits per heavy atom. The van der Waals surface area contributed by atoms with Gasteiger partial charge in [0.15, 0.2) is 21.2 Å². The SMILES string of the molecule is COc1cc(C=CC2C3=CCC4C(=O)N(C5CCCCC5)C(=O)C4C3CC3(Cl)C(=O)N(CBr)C(=O)C23Cl)ccc1O. The largest absolute Gasteiger partial charge is 0.504 e. The van der Waals surface area contributed by atoms with Crippen LogP contribution in [0.15, 0.2) is 35.9 Å². The van der Waals surface area contributed by atoms with Crippen molar-refractivity contribution in [3.05, 3.63) is 41.5 Å². The maximum absolute atomic E-state index is 14.0. The topological polar surface area (TPSA) is 104 Å². The molecule has 2 saturated carbocycles. The number of halogens is 3. The normalized spacial score (nSPS) is 35.6. The smallest absolute Gasteiger partial charge is 0.254 e. The minimum absolute atomic E-state index is 0.0198. The zero-order valence-electron chi connectivity index (χ0n) is 22.5. The van der Waals surface area contributed by atoms with Crippen molar-refractivity contribution < 1.29 is 29.0 Å². The minimum Gasteiger partial charge on any atom is -0.504 e. The lowest BCUT2D eigenvalue weighted by Crippen LogP contribution is -2.60. The second-order valence-electron chi connectivity index (χ2n) is 11.7. The van der Waals surface area contributed by atoms with Crippen LogP contribution in [0.2, 0.25) is 0 Å². The molecule has 5 aliphatic rings. The van der Waals surface area contributed by atoms with Gasteiger partial charge in [0.2, 0.25) is 11.8 Å². The van der Waals surface area contributed by atoms with E-state index in [-0.39, 0.29) is 41.2 Å². The van der Waals surface area contributed by atoms with E-state index in [1.54, 1.807) is 24.3 Å². The van der Waals surface area contributed by atoms with Crippen LogP contribution in [-0.2, 0) is 19.2 Å². The first-order valence-corrected chi connectivity index (χ1v) is 15.9. The average Bonchev–Trinajstić information content (AvgIpc) is 3.31. The predicted molar refractivity (Wildman–Crippen MR) is 157 cm³/mol. The van der Waals surface area contributed by atoms with E-state index in [4.69, 9.17) is 27.9 Å². The highest BCUT2D eigenvalue weighted by Gasteiger charge is 2.75. The summed E-state index contributed by atoms with van der Waals surface area (Å²) in [6.45, 7) is 0. The zero-order valence-corrected chi connectivity index (χ0v) is 25.6. The number of phenols is 1. The van der Waals surface area contributed by atoms with Gasteiger partial charge in [-0.05, 0) is 49.3 Å². The number of carbonyl (C=O) groups is 4. The van der Waals surface area contributed by atoms with E-state index < -0.39 is 45.2 Å². The predicted octanol–water partition coefficient (Wildman–Crippen LogP) is 4.99. The lowest BCUT2D eigenvalue weighted by molar-refractivity contribution is -0.144. The van der Waals surface area contributed by atoms with Crippen molar-refractivity contribution in [1.29, 1.82) is 0 Å².